The van der Waals surface area contributed by atoms with Crippen LogP contribution in [0, 0.1) is 0 Å². The Bertz CT molecular complexity index is 1370. The molecule has 2 aliphatic rings. The van der Waals surface area contributed by atoms with E-state index >= 15 is 0 Å². The maximum atomic E-state index is 13.7. The number of piperidine rings is 1. The molecule has 0 bridgehead atoms. The van der Waals surface area contributed by atoms with Gasteiger partial charge in [-0.15, -0.1) is 0 Å². The van der Waals surface area contributed by atoms with Gasteiger partial charge in [-0.1, -0.05) is 91.0 Å². The maximum absolute atomic E-state index is 13.7. The molecule has 236 valence electrons. The van der Waals surface area contributed by atoms with Crippen molar-refractivity contribution in [2.24, 2.45) is 0 Å². The summed E-state index contributed by atoms with van der Waals surface area (Å²) in [5.74, 6) is 0.966. The van der Waals surface area contributed by atoms with Gasteiger partial charge in [0.1, 0.15) is 5.75 Å². The number of halogens is 2. The number of nitrogens with one attached hydrogen (secondary N) is 1. The fourth-order valence-electron chi connectivity index (χ4n) is 7.53. The second-order valence-corrected chi connectivity index (χ2v) is 14.1. The molecule has 0 unspecified atom stereocenters. The number of likely N-dealkylation sites (tertiary alicyclic amines) is 1. The summed E-state index contributed by atoms with van der Waals surface area (Å²) in [6.45, 7) is 7.37. The van der Waals surface area contributed by atoms with Crippen molar-refractivity contribution in [2.45, 2.75) is 95.0 Å². The zero-order valence-electron chi connectivity index (χ0n) is 26.4. The Morgan fingerprint density at radius 3 is 2.27 bits per heavy atom. The van der Waals surface area contributed by atoms with E-state index in [0.29, 0.717) is 23.0 Å². The Labute approximate surface area is 274 Å². The summed E-state index contributed by atoms with van der Waals surface area (Å²) >= 11 is 12.9. The van der Waals surface area contributed by atoms with Gasteiger partial charge in [-0.25, -0.2) is 0 Å². The van der Waals surface area contributed by atoms with E-state index in [1.807, 2.05) is 50.2 Å². The van der Waals surface area contributed by atoms with E-state index in [1.165, 1.54) is 43.2 Å². The number of nitrogens with zero attached hydrogens (tertiary/aromatic N) is 1. The lowest BCUT2D eigenvalue weighted by molar-refractivity contribution is -0.132. The topological polar surface area (TPSA) is 41.6 Å². The third-order valence-corrected chi connectivity index (χ3v) is 10.6. The van der Waals surface area contributed by atoms with Crippen LogP contribution in [0.4, 0.5) is 0 Å². The van der Waals surface area contributed by atoms with Gasteiger partial charge in [-0.2, -0.15) is 0 Å². The molecular formula is C38H48Cl2N2O2. The largest absolute Gasteiger partial charge is 0.491 e. The lowest BCUT2D eigenvalue weighted by Gasteiger charge is -2.44. The zero-order chi connectivity index (χ0) is 31.0. The number of benzene rings is 3. The number of ether oxygens (including phenoxy) is 1. The van der Waals surface area contributed by atoms with Gasteiger partial charge in [-0.05, 0) is 112 Å². The fourth-order valence-corrected chi connectivity index (χ4v) is 7.82. The fraction of sp³-hybridized carbons (Fsp3) is 0.500. The average molecular weight is 636 g/mol. The molecule has 5 rings (SSSR count). The molecular weight excluding hydrogens is 587 g/mol. The Hall–Kier alpha value is -2.53. The number of carbonyl (C=O) groups excluding carboxylic acids is 1. The van der Waals surface area contributed by atoms with Crippen molar-refractivity contribution in [3.63, 3.8) is 0 Å². The summed E-state index contributed by atoms with van der Waals surface area (Å²) in [6.07, 6.45) is 11.0. The number of carbonyl (C=O) groups is 1. The minimum atomic E-state index is -0.181. The third kappa shape index (κ3) is 8.19. The van der Waals surface area contributed by atoms with Crippen LogP contribution in [0.5, 0.6) is 5.75 Å². The second kappa shape index (κ2) is 15.2. The summed E-state index contributed by atoms with van der Waals surface area (Å²) in [5.41, 5.74) is 3.75. The highest BCUT2D eigenvalue weighted by Crippen LogP contribution is 2.42. The molecule has 1 amide bonds. The summed E-state index contributed by atoms with van der Waals surface area (Å²) in [7, 11) is 0. The van der Waals surface area contributed by atoms with Gasteiger partial charge >= 0.3 is 0 Å². The van der Waals surface area contributed by atoms with Crippen molar-refractivity contribution in [1.82, 2.24) is 10.2 Å². The van der Waals surface area contributed by atoms with Gasteiger partial charge in [0.25, 0.3) is 0 Å². The van der Waals surface area contributed by atoms with E-state index in [0.717, 1.165) is 56.6 Å². The summed E-state index contributed by atoms with van der Waals surface area (Å²) < 4.78 is 5.87. The molecule has 1 saturated heterocycles. The van der Waals surface area contributed by atoms with Crippen LogP contribution in [0.2, 0.25) is 10.0 Å². The number of rotatable bonds is 12. The Kier molecular flexibility index (Phi) is 11.3. The van der Waals surface area contributed by atoms with E-state index in [-0.39, 0.29) is 22.8 Å². The van der Waals surface area contributed by atoms with Gasteiger partial charge in [0.15, 0.2) is 0 Å². The minimum absolute atomic E-state index is 0.0926. The molecule has 1 aliphatic carbocycles. The van der Waals surface area contributed by atoms with Crippen molar-refractivity contribution in [1.29, 1.82) is 0 Å². The molecule has 1 saturated carbocycles. The predicted molar refractivity (Wildman–Crippen MR) is 183 cm³/mol. The smallest absolute Gasteiger partial charge is 0.227 e. The SMILES string of the molecule is CC(C)Oc1cccc(CC(=O)N2CCC[C@](CCNCCC3(c4ccccc4)CCCCC3)(c3ccc(Cl)c(Cl)c3)C2)c1. The van der Waals surface area contributed by atoms with E-state index in [2.05, 4.69) is 46.6 Å². The standard InChI is InChI=1S/C38H48Cl2N2O2/c1-29(2)44-33-14-9-11-30(25-33)26-36(43)42-24-10-19-38(28-42,32-15-16-34(39)35(40)27-32)21-23-41-22-20-37(17-7-4-8-18-37)31-12-5-3-6-13-31/h3,5-6,9,11-16,25,27,29,41H,4,7-8,10,17-24,26,28H2,1-2H3/t38-/m1/s1. The molecule has 4 nitrogen and oxygen atoms in total. The van der Waals surface area contributed by atoms with Gasteiger partial charge in [0, 0.05) is 18.5 Å². The highest BCUT2D eigenvalue weighted by Gasteiger charge is 2.39. The van der Waals surface area contributed by atoms with Gasteiger partial charge in [0.2, 0.25) is 5.91 Å². The average Bonchev–Trinajstić information content (AvgIpc) is 3.03. The second-order valence-electron chi connectivity index (χ2n) is 13.3. The molecule has 1 N–H and O–H groups in total. The first kappa shape index (κ1) is 32.9. The van der Waals surface area contributed by atoms with Crippen molar-refractivity contribution in [3.8, 4) is 5.75 Å². The molecule has 1 atom stereocenters. The van der Waals surface area contributed by atoms with Crippen LogP contribution in [-0.2, 0) is 22.0 Å². The molecule has 3 aromatic carbocycles. The van der Waals surface area contributed by atoms with Crippen molar-refractivity contribution < 1.29 is 9.53 Å². The first-order chi connectivity index (χ1) is 21.3. The van der Waals surface area contributed by atoms with Gasteiger partial charge in [0.05, 0.1) is 22.6 Å². The Morgan fingerprint density at radius 1 is 0.818 bits per heavy atom. The Balaban J connectivity index is 1.27. The summed E-state index contributed by atoms with van der Waals surface area (Å²) in [6, 6.07) is 25.1. The van der Waals surface area contributed by atoms with E-state index in [1.54, 1.807) is 0 Å². The predicted octanol–water partition coefficient (Wildman–Crippen LogP) is 9.16. The molecule has 6 heteroatoms. The van der Waals surface area contributed by atoms with E-state index in [9.17, 15) is 4.79 Å². The molecule has 0 aromatic heterocycles. The number of hydrogen-bond donors (Lipinski definition) is 1. The van der Waals surface area contributed by atoms with Crippen LogP contribution in [0.15, 0.2) is 72.8 Å². The van der Waals surface area contributed by atoms with E-state index < -0.39 is 0 Å². The molecule has 3 aromatic rings. The third-order valence-electron chi connectivity index (χ3n) is 9.84. The lowest BCUT2D eigenvalue weighted by atomic mass is 9.67. The lowest BCUT2D eigenvalue weighted by Crippen LogP contribution is -2.50. The van der Waals surface area contributed by atoms with Crippen LogP contribution in [0.1, 0.15) is 88.3 Å². The van der Waals surface area contributed by atoms with Crippen LogP contribution in [-0.4, -0.2) is 43.1 Å². The van der Waals surface area contributed by atoms with Gasteiger partial charge < -0.3 is 15.0 Å². The van der Waals surface area contributed by atoms with Crippen LogP contribution < -0.4 is 10.1 Å². The van der Waals surface area contributed by atoms with Crippen molar-refractivity contribution in [3.05, 3.63) is 99.5 Å². The van der Waals surface area contributed by atoms with Crippen molar-refractivity contribution >= 4 is 29.1 Å². The minimum Gasteiger partial charge on any atom is -0.491 e. The molecule has 2 fully saturated rings. The first-order valence-electron chi connectivity index (χ1n) is 16.5. The monoisotopic (exact) mass is 634 g/mol. The highest BCUT2D eigenvalue weighted by atomic mass is 35.5. The van der Waals surface area contributed by atoms with Crippen LogP contribution >= 0.6 is 23.2 Å². The maximum Gasteiger partial charge on any atom is 0.227 e. The highest BCUT2D eigenvalue weighted by molar-refractivity contribution is 6.42. The summed E-state index contributed by atoms with van der Waals surface area (Å²) in [5, 5.41) is 4.96. The molecule has 1 aliphatic heterocycles. The zero-order valence-corrected chi connectivity index (χ0v) is 27.9. The summed E-state index contributed by atoms with van der Waals surface area (Å²) in [4.78, 5) is 15.7. The molecule has 44 heavy (non-hydrogen) atoms. The Morgan fingerprint density at radius 2 is 1.55 bits per heavy atom. The molecule has 1 heterocycles. The first-order valence-corrected chi connectivity index (χ1v) is 17.3. The quantitative estimate of drug-likeness (QED) is 0.202. The van der Waals surface area contributed by atoms with Crippen LogP contribution in [0.3, 0.4) is 0 Å². The van der Waals surface area contributed by atoms with Crippen molar-refractivity contribution in [2.75, 3.05) is 26.2 Å². The normalized spacial score (nSPS) is 20.1. The van der Waals surface area contributed by atoms with E-state index in [4.69, 9.17) is 27.9 Å². The number of amides is 1. The molecule has 0 spiro atoms. The van der Waals surface area contributed by atoms with Gasteiger partial charge in [-0.3, -0.25) is 4.79 Å². The van der Waals surface area contributed by atoms with Crippen LogP contribution in [0.25, 0.3) is 0 Å². The molecule has 0 radical (unpaired) electrons. The number of hydrogen-bond acceptors (Lipinski definition) is 3.